The van der Waals surface area contributed by atoms with Gasteiger partial charge in [0.25, 0.3) is 0 Å². The van der Waals surface area contributed by atoms with Gasteiger partial charge in [0.2, 0.25) is 5.91 Å². The van der Waals surface area contributed by atoms with Gasteiger partial charge in [-0.3, -0.25) is 14.7 Å². The molecule has 146 valence electrons. The second-order valence-electron chi connectivity index (χ2n) is 7.44. The number of fused-ring (bicyclic) bond motifs is 1. The number of benzene rings is 1. The first-order valence-corrected chi connectivity index (χ1v) is 9.76. The molecule has 0 aliphatic carbocycles. The summed E-state index contributed by atoms with van der Waals surface area (Å²) in [4.78, 5) is 20.6. The van der Waals surface area contributed by atoms with Crippen molar-refractivity contribution in [2.45, 2.75) is 37.8 Å². The van der Waals surface area contributed by atoms with Gasteiger partial charge in [0.15, 0.2) is 0 Å². The van der Waals surface area contributed by atoms with E-state index >= 15 is 0 Å². The van der Waals surface area contributed by atoms with Crippen molar-refractivity contribution in [1.82, 2.24) is 14.8 Å². The van der Waals surface area contributed by atoms with E-state index in [9.17, 15) is 9.18 Å². The first-order chi connectivity index (χ1) is 13.6. The molecule has 4 rings (SSSR count). The molecule has 2 aliphatic heterocycles. The maximum Gasteiger partial charge on any atom is 0.237 e. The lowest BCUT2D eigenvalue weighted by atomic mass is 10.1. The van der Waals surface area contributed by atoms with Crippen molar-refractivity contribution in [1.29, 1.82) is 5.26 Å². The Hall–Kier alpha value is -2.72. The van der Waals surface area contributed by atoms with Gasteiger partial charge in [-0.2, -0.15) is 5.26 Å². The van der Waals surface area contributed by atoms with E-state index in [4.69, 9.17) is 10.00 Å². The predicted octanol–water partition coefficient (Wildman–Crippen LogP) is 2.73. The van der Waals surface area contributed by atoms with E-state index in [1.54, 1.807) is 23.2 Å². The Kier molecular flexibility index (Phi) is 5.40. The van der Waals surface area contributed by atoms with Crippen LogP contribution in [-0.4, -0.2) is 59.0 Å². The normalized spacial score (nSPS) is 21.0. The van der Waals surface area contributed by atoms with Crippen molar-refractivity contribution >= 4 is 16.8 Å². The van der Waals surface area contributed by atoms with Gasteiger partial charge >= 0.3 is 0 Å². The molecule has 2 aromatic rings. The number of hydrogen-bond donors (Lipinski definition) is 0. The molecule has 1 amide bonds. The third-order valence-electron chi connectivity index (χ3n) is 5.57. The topological polar surface area (TPSA) is 69.5 Å². The Morgan fingerprint density at radius 2 is 2.07 bits per heavy atom. The fourth-order valence-corrected chi connectivity index (χ4v) is 4.04. The number of nitrogens with zero attached hydrogens (tertiary/aromatic N) is 4. The fraction of sp³-hybridized carbons (Fsp3) is 0.476. The molecule has 2 saturated heterocycles. The van der Waals surface area contributed by atoms with Gasteiger partial charge in [0.1, 0.15) is 23.7 Å². The van der Waals surface area contributed by atoms with Crippen LogP contribution in [0.25, 0.3) is 10.9 Å². The second kappa shape index (κ2) is 8.11. The lowest BCUT2D eigenvalue weighted by molar-refractivity contribution is -0.132. The molecule has 0 spiro atoms. The monoisotopic (exact) mass is 382 g/mol. The Balaban J connectivity index is 1.33. The van der Waals surface area contributed by atoms with Crippen LogP contribution < -0.4 is 4.74 Å². The van der Waals surface area contributed by atoms with Crippen LogP contribution in [0.3, 0.4) is 0 Å². The lowest BCUT2D eigenvalue weighted by Crippen LogP contribution is -2.46. The van der Waals surface area contributed by atoms with E-state index in [-0.39, 0.29) is 23.9 Å². The molecule has 6 nitrogen and oxygen atoms in total. The number of pyridine rings is 1. The van der Waals surface area contributed by atoms with Crippen molar-refractivity contribution in [3.8, 4) is 11.8 Å². The third kappa shape index (κ3) is 3.92. The number of aromatic nitrogens is 1. The van der Waals surface area contributed by atoms with Gasteiger partial charge in [-0.1, -0.05) is 0 Å². The Bertz CT molecular complexity index is 905. The van der Waals surface area contributed by atoms with E-state index in [1.807, 2.05) is 0 Å². The summed E-state index contributed by atoms with van der Waals surface area (Å²) in [5, 5.41) is 9.83. The molecule has 2 fully saturated rings. The Labute approximate surface area is 163 Å². The predicted molar refractivity (Wildman–Crippen MR) is 102 cm³/mol. The van der Waals surface area contributed by atoms with E-state index in [1.165, 1.54) is 12.1 Å². The number of nitriles is 1. The minimum Gasteiger partial charge on any atom is -0.490 e. The molecule has 2 aliphatic rings. The maximum atomic E-state index is 13.6. The molecule has 7 heteroatoms. The maximum absolute atomic E-state index is 13.6. The summed E-state index contributed by atoms with van der Waals surface area (Å²) in [6.07, 6.45) is 4.98. The van der Waals surface area contributed by atoms with Gasteiger partial charge in [-0.05, 0) is 49.9 Å². The molecule has 28 heavy (non-hydrogen) atoms. The van der Waals surface area contributed by atoms with Crippen LogP contribution in [0.15, 0.2) is 30.5 Å². The zero-order valence-corrected chi connectivity index (χ0v) is 15.7. The average molecular weight is 382 g/mol. The standard InChI is InChI=1S/C21H23FN4O2/c22-15-3-4-19-18(12-15)20(5-8-24-19)28-17-6-10-25(11-7-17)14-21(27)26-9-1-2-16(26)13-23/h3-5,8,12,16-17H,1-2,6-7,9-11,14H2/t16-/m0/s1. The van der Waals surface area contributed by atoms with Crippen LogP contribution in [0.2, 0.25) is 0 Å². The SMILES string of the molecule is N#C[C@@H]1CCCN1C(=O)CN1CCC(Oc2ccnc3ccc(F)cc23)CC1. The number of rotatable bonds is 4. The number of halogens is 1. The number of carbonyl (C=O) groups excluding carboxylic acids is 1. The van der Waals surface area contributed by atoms with Crippen molar-refractivity contribution < 1.29 is 13.9 Å². The van der Waals surface area contributed by atoms with Crippen LogP contribution in [-0.2, 0) is 4.79 Å². The molecular weight excluding hydrogens is 359 g/mol. The Morgan fingerprint density at radius 3 is 2.86 bits per heavy atom. The van der Waals surface area contributed by atoms with Crippen LogP contribution >= 0.6 is 0 Å². The van der Waals surface area contributed by atoms with E-state index in [2.05, 4.69) is 16.0 Å². The fourth-order valence-electron chi connectivity index (χ4n) is 4.04. The van der Waals surface area contributed by atoms with Gasteiger partial charge < -0.3 is 9.64 Å². The molecule has 0 radical (unpaired) electrons. The number of ether oxygens (including phenoxy) is 1. The summed E-state index contributed by atoms with van der Waals surface area (Å²) >= 11 is 0. The lowest BCUT2D eigenvalue weighted by Gasteiger charge is -2.33. The summed E-state index contributed by atoms with van der Waals surface area (Å²) in [6, 6.07) is 8.22. The largest absolute Gasteiger partial charge is 0.490 e. The van der Waals surface area contributed by atoms with Crippen LogP contribution in [0.4, 0.5) is 4.39 Å². The highest BCUT2D eigenvalue weighted by molar-refractivity contribution is 5.84. The number of piperidine rings is 1. The van der Waals surface area contributed by atoms with Crippen molar-refractivity contribution in [2.24, 2.45) is 0 Å². The van der Waals surface area contributed by atoms with Crippen molar-refractivity contribution in [3.05, 3.63) is 36.3 Å². The van der Waals surface area contributed by atoms with E-state index < -0.39 is 0 Å². The zero-order valence-electron chi connectivity index (χ0n) is 15.7. The summed E-state index contributed by atoms with van der Waals surface area (Å²) in [6.45, 7) is 2.56. The van der Waals surface area contributed by atoms with Gasteiger partial charge in [-0.25, -0.2) is 4.39 Å². The summed E-state index contributed by atoms with van der Waals surface area (Å²) in [7, 11) is 0. The second-order valence-corrected chi connectivity index (χ2v) is 7.44. The number of hydrogen-bond acceptors (Lipinski definition) is 5. The molecule has 1 aromatic heterocycles. The summed E-state index contributed by atoms with van der Waals surface area (Å²) in [5.74, 6) is 0.378. The number of carbonyl (C=O) groups is 1. The molecule has 3 heterocycles. The van der Waals surface area contributed by atoms with E-state index in [0.29, 0.717) is 29.7 Å². The minimum atomic E-state index is -0.309. The minimum absolute atomic E-state index is 0.0267. The van der Waals surface area contributed by atoms with Gasteiger partial charge in [-0.15, -0.1) is 0 Å². The number of likely N-dealkylation sites (tertiary alicyclic amines) is 2. The zero-order chi connectivity index (χ0) is 19.5. The molecule has 0 saturated carbocycles. The molecule has 0 N–H and O–H groups in total. The molecule has 1 atom stereocenters. The molecule has 0 unspecified atom stereocenters. The Morgan fingerprint density at radius 1 is 1.25 bits per heavy atom. The summed E-state index contributed by atoms with van der Waals surface area (Å²) in [5.41, 5.74) is 0.708. The highest BCUT2D eigenvalue weighted by Gasteiger charge is 2.30. The number of amides is 1. The smallest absolute Gasteiger partial charge is 0.237 e. The van der Waals surface area contributed by atoms with E-state index in [0.717, 1.165) is 38.8 Å². The first kappa shape index (κ1) is 18.6. The van der Waals surface area contributed by atoms with Crippen LogP contribution in [0.5, 0.6) is 5.75 Å². The van der Waals surface area contributed by atoms with Gasteiger partial charge in [0, 0.05) is 31.2 Å². The van der Waals surface area contributed by atoms with Crippen LogP contribution in [0, 0.1) is 17.1 Å². The molecule has 0 bridgehead atoms. The van der Waals surface area contributed by atoms with Crippen molar-refractivity contribution in [3.63, 3.8) is 0 Å². The highest BCUT2D eigenvalue weighted by Crippen LogP contribution is 2.27. The average Bonchev–Trinajstić information content (AvgIpc) is 3.19. The van der Waals surface area contributed by atoms with Crippen molar-refractivity contribution in [2.75, 3.05) is 26.2 Å². The quantitative estimate of drug-likeness (QED) is 0.813. The molecule has 1 aromatic carbocycles. The highest BCUT2D eigenvalue weighted by atomic mass is 19.1. The summed E-state index contributed by atoms with van der Waals surface area (Å²) < 4.78 is 19.7. The molecular formula is C21H23FN4O2. The first-order valence-electron chi connectivity index (χ1n) is 9.76. The van der Waals surface area contributed by atoms with Gasteiger partial charge in [0.05, 0.1) is 18.1 Å². The van der Waals surface area contributed by atoms with Crippen LogP contribution in [0.1, 0.15) is 25.7 Å². The third-order valence-corrected chi connectivity index (χ3v) is 5.57.